The van der Waals surface area contributed by atoms with Crippen molar-refractivity contribution in [3.05, 3.63) is 17.7 Å². The lowest BCUT2D eigenvalue weighted by atomic mass is 10.2. The monoisotopic (exact) mass is 277 g/mol. The van der Waals surface area contributed by atoms with Crippen molar-refractivity contribution in [3.8, 4) is 5.75 Å². The van der Waals surface area contributed by atoms with Gasteiger partial charge in [-0.05, 0) is 18.6 Å². The highest BCUT2D eigenvalue weighted by Gasteiger charge is 2.19. The topological polar surface area (TPSA) is 72.5 Å². The predicted octanol–water partition coefficient (Wildman–Crippen LogP) is 1.89. The second-order valence-electron chi connectivity index (χ2n) is 3.44. The fraction of sp³-hybridized carbons (Fsp3) is 0.300. The van der Waals surface area contributed by atoms with Gasteiger partial charge in [0.2, 0.25) is 5.91 Å². The zero-order valence-corrected chi connectivity index (χ0v) is 11.1. The van der Waals surface area contributed by atoms with Gasteiger partial charge in [0, 0.05) is 29.4 Å². The standard InChI is InChI=1S/C10H12ClNO4S/c1-6-4-10(17(11,14)15)9(16-3)5-8(6)12-7(2)13/h4-5H,1-3H3,(H,12,13). The van der Waals surface area contributed by atoms with Crippen LogP contribution in [0.5, 0.6) is 5.75 Å². The molecule has 0 aliphatic heterocycles. The minimum atomic E-state index is -3.88. The Labute approximate surface area is 104 Å². The molecule has 1 aromatic carbocycles. The number of halogens is 1. The lowest BCUT2D eigenvalue weighted by molar-refractivity contribution is -0.114. The molecule has 0 bridgehead atoms. The number of hydrogen-bond acceptors (Lipinski definition) is 4. The third kappa shape index (κ3) is 3.34. The molecule has 5 nitrogen and oxygen atoms in total. The SMILES string of the molecule is COc1cc(NC(C)=O)c(C)cc1S(=O)(=O)Cl. The molecule has 0 spiro atoms. The third-order valence-electron chi connectivity index (χ3n) is 2.08. The molecule has 17 heavy (non-hydrogen) atoms. The van der Waals surface area contributed by atoms with Crippen molar-refractivity contribution in [3.63, 3.8) is 0 Å². The van der Waals surface area contributed by atoms with Crippen LogP contribution in [0.1, 0.15) is 12.5 Å². The predicted molar refractivity (Wildman–Crippen MR) is 65.1 cm³/mol. The molecule has 1 aromatic rings. The van der Waals surface area contributed by atoms with Gasteiger partial charge >= 0.3 is 0 Å². The summed E-state index contributed by atoms with van der Waals surface area (Å²) in [4.78, 5) is 10.8. The summed E-state index contributed by atoms with van der Waals surface area (Å²) in [7, 11) is 2.73. The Balaban J connectivity index is 3.40. The van der Waals surface area contributed by atoms with Crippen molar-refractivity contribution >= 4 is 31.3 Å². The Morgan fingerprint density at radius 2 is 2.00 bits per heavy atom. The molecule has 1 rings (SSSR count). The number of ether oxygens (including phenoxy) is 1. The van der Waals surface area contributed by atoms with Gasteiger partial charge in [0.15, 0.2) is 0 Å². The van der Waals surface area contributed by atoms with E-state index < -0.39 is 9.05 Å². The molecule has 0 aromatic heterocycles. The lowest BCUT2D eigenvalue weighted by Crippen LogP contribution is -2.08. The van der Waals surface area contributed by atoms with Crippen molar-refractivity contribution in [2.24, 2.45) is 0 Å². The van der Waals surface area contributed by atoms with Crippen LogP contribution in [0.3, 0.4) is 0 Å². The number of amides is 1. The summed E-state index contributed by atoms with van der Waals surface area (Å²) < 4.78 is 27.5. The van der Waals surface area contributed by atoms with Gasteiger partial charge in [0.1, 0.15) is 10.6 Å². The van der Waals surface area contributed by atoms with Crippen LogP contribution < -0.4 is 10.1 Å². The Bertz CT molecular complexity index is 554. The normalized spacial score (nSPS) is 11.1. The summed E-state index contributed by atoms with van der Waals surface area (Å²) in [6.07, 6.45) is 0. The van der Waals surface area contributed by atoms with Crippen LogP contribution in [-0.2, 0) is 13.8 Å². The highest BCUT2D eigenvalue weighted by Crippen LogP contribution is 2.32. The van der Waals surface area contributed by atoms with E-state index in [2.05, 4.69) is 5.32 Å². The van der Waals surface area contributed by atoms with Crippen LogP contribution in [0.4, 0.5) is 5.69 Å². The summed E-state index contributed by atoms with van der Waals surface area (Å²) in [5.74, 6) is -0.161. The summed E-state index contributed by atoms with van der Waals surface area (Å²) in [5.41, 5.74) is 1.07. The molecule has 1 N–H and O–H groups in total. The van der Waals surface area contributed by atoms with Gasteiger partial charge in [-0.3, -0.25) is 4.79 Å². The Morgan fingerprint density at radius 1 is 1.41 bits per heavy atom. The first-order valence-electron chi connectivity index (χ1n) is 4.66. The van der Waals surface area contributed by atoms with Crippen molar-refractivity contribution in [1.82, 2.24) is 0 Å². The molecule has 0 saturated carbocycles. The zero-order chi connectivity index (χ0) is 13.2. The number of carbonyl (C=O) groups excluding carboxylic acids is 1. The first-order valence-corrected chi connectivity index (χ1v) is 6.97. The van der Waals surface area contributed by atoms with Crippen LogP contribution in [0.2, 0.25) is 0 Å². The van der Waals surface area contributed by atoms with Crippen molar-refractivity contribution in [1.29, 1.82) is 0 Å². The highest BCUT2D eigenvalue weighted by atomic mass is 35.7. The Kier molecular flexibility index (Phi) is 4.00. The van der Waals surface area contributed by atoms with Crippen molar-refractivity contribution < 1.29 is 17.9 Å². The van der Waals surface area contributed by atoms with Crippen molar-refractivity contribution in [2.45, 2.75) is 18.7 Å². The quantitative estimate of drug-likeness (QED) is 0.857. The van der Waals surface area contributed by atoms with Crippen molar-refractivity contribution in [2.75, 3.05) is 12.4 Å². The van der Waals surface area contributed by atoms with E-state index >= 15 is 0 Å². The van der Waals surface area contributed by atoms with E-state index in [1.165, 1.54) is 26.2 Å². The van der Waals surface area contributed by atoms with Gasteiger partial charge in [-0.1, -0.05) is 0 Å². The number of aryl methyl sites for hydroxylation is 1. The van der Waals surface area contributed by atoms with E-state index in [1.807, 2.05) is 0 Å². The summed E-state index contributed by atoms with van der Waals surface area (Å²) in [6, 6.07) is 2.78. The van der Waals surface area contributed by atoms with E-state index in [1.54, 1.807) is 6.92 Å². The molecule has 0 saturated heterocycles. The first-order chi connectivity index (χ1) is 7.75. The minimum absolute atomic E-state index is 0.0920. The van der Waals surface area contributed by atoms with Gasteiger partial charge in [0.05, 0.1) is 7.11 Å². The van der Waals surface area contributed by atoms with Gasteiger partial charge in [-0.2, -0.15) is 0 Å². The van der Waals surface area contributed by atoms with Crippen LogP contribution in [-0.4, -0.2) is 21.4 Å². The van der Waals surface area contributed by atoms with E-state index in [0.29, 0.717) is 11.3 Å². The smallest absolute Gasteiger partial charge is 0.264 e. The lowest BCUT2D eigenvalue weighted by Gasteiger charge is -2.11. The van der Waals surface area contributed by atoms with Gasteiger partial charge in [0.25, 0.3) is 9.05 Å². The first kappa shape index (κ1) is 13.8. The second-order valence-corrected chi connectivity index (χ2v) is 5.97. The number of nitrogens with one attached hydrogen (secondary N) is 1. The number of benzene rings is 1. The average molecular weight is 278 g/mol. The fourth-order valence-electron chi connectivity index (χ4n) is 1.34. The molecule has 0 heterocycles. The van der Waals surface area contributed by atoms with Crippen LogP contribution in [0.25, 0.3) is 0 Å². The molecule has 0 aliphatic carbocycles. The highest BCUT2D eigenvalue weighted by molar-refractivity contribution is 8.13. The van der Waals surface area contributed by atoms with E-state index in [0.717, 1.165) is 0 Å². The van der Waals surface area contributed by atoms with Crippen LogP contribution in [0.15, 0.2) is 17.0 Å². The van der Waals surface area contributed by atoms with E-state index in [-0.39, 0.29) is 16.6 Å². The molecule has 1 amide bonds. The maximum atomic E-state index is 11.3. The molecular weight excluding hydrogens is 266 g/mol. The number of rotatable bonds is 3. The number of carbonyl (C=O) groups is 1. The molecule has 0 aliphatic rings. The number of hydrogen-bond donors (Lipinski definition) is 1. The maximum Gasteiger partial charge on any atom is 0.264 e. The average Bonchev–Trinajstić information content (AvgIpc) is 2.18. The molecule has 0 atom stereocenters. The Morgan fingerprint density at radius 3 is 2.41 bits per heavy atom. The third-order valence-corrected chi connectivity index (χ3v) is 3.43. The maximum absolute atomic E-state index is 11.3. The summed E-state index contributed by atoms with van der Waals surface area (Å²) in [6.45, 7) is 3.02. The molecule has 0 fully saturated rings. The Hall–Kier alpha value is -1.27. The molecule has 0 radical (unpaired) electrons. The second kappa shape index (κ2) is 4.93. The molecule has 7 heteroatoms. The molecule has 0 unspecified atom stereocenters. The van der Waals surface area contributed by atoms with Crippen LogP contribution in [0, 0.1) is 6.92 Å². The number of methoxy groups -OCH3 is 1. The zero-order valence-electron chi connectivity index (χ0n) is 9.57. The fourth-order valence-corrected chi connectivity index (χ4v) is 2.40. The van der Waals surface area contributed by atoms with E-state index in [4.69, 9.17) is 15.4 Å². The molecular formula is C10H12ClNO4S. The largest absolute Gasteiger partial charge is 0.495 e. The molecule has 94 valence electrons. The van der Waals surface area contributed by atoms with E-state index in [9.17, 15) is 13.2 Å². The summed E-state index contributed by atoms with van der Waals surface area (Å²) >= 11 is 0. The minimum Gasteiger partial charge on any atom is -0.495 e. The summed E-state index contributed by atoms with van der Waals surface area (Å²) in [5, 5.41) is 2.57. The van der Waals surface area contributed by atoms with Gasteiger partial charge in [-0.15, -0.1) is 0 Å². The van der Waals surface area contributed by atoms with Crippen LogP contribution >= 0.6 is 10.7 Å². The number of anilines is 1. The van der Waals surface area contributed by atoms with Gasteiger partial charge < -0.3 is 10.1 Å². The van der Waals surface area contributed by atoms with Gasteiger partial charge in [-0.25, -0.2) is 8.42 Å².